The fourth-order valence-electron chi connectivity index (χ4n) is 3.69. The number of aromatic nitrogens is 2. The lowest BCUT2D eigenvalue weighted by atomic mass is 9.83. The molecule has 0 aromatic carbocycles. The van der Waals surface area contributed by atoms with Gasteiger partial charge in [0.05, 0.1) is 5.54 Å². The van der Waals surface area contributed by atoms with E-state index in [1.165, 1.54) is 51.4 Å². The van der Waals surface area contributed by atoms with Crippen LogP contribution in [0.1, 0.15) is 88.8 Å². The third-order valence-electron chi connectivity index (χ3n) is 5.25. The van der Waals surface area contributed by atoms with E-state index in [0.717, 1.165) is 30.5 Å². The van der Waals surface area contributed by atoms with E-state index in [4.69, 9.17) is 15.2 Å². The summed E-state index contributed by atoms with van der Waals surface area (Å²) in [5.74, 6) is 2.90. The van der Waals surface area contributed by atoms with Gasteiger partial charge in [-0.05, 0) is 44.4 Å². The van der Waals surface area contributed by atoms with Crippen molar-refractivity contribution in [3.05, 3.63) is 11.7 Å². The normalized spacial score (nSPS) is 30.9. The molecule has 1 aromatic rings. The second-order valence-electron chi connectivity index (χ2n) is 6.98. The average molecular weight is 277 g/mol. The lowest BCUT2D eigenvalue weighted by molar-refractivity contribution is 0.276. The Labute approximate surface area is 121 Å². The van der Waals surface area contributed by atoms with Crippen LogP contribution in [0.4, 0.5) is 0 Å². The molecule has 1 aromatic heterocycles. The number of rotatable bonds is 2. The molecule has 0 atom stereocenters. The quantitative estimate of drug-likeness (QED) is 0.833. The van der Waals surface area contributed by atoms with Crippen molar-refractivity contribution in [2.24, 2.45) is 11.7 Å². The van der Waals surface area contributed by atoms with E-state index in [9.17, 15) is 0 Å². The van der Waals surface area contributed by atoms with Crippen molar-refractivity contribution in [1.82, 2.24) is 10.1 Å². The van der Waals surface area contributed by atoms with Gasteiger partial charge in [-0.3, -0.25) is 0 Å². The van der Waals surface area contributed by atoms with Crippen molar-refractivity contribution in [2.75, 3.05) is 0 Å². The first-order valence-electron chi connectivity index (χ1n) is 8.30. The summed E-state index contributed by atoms with van der Waals surface area (Å²) in [7, 11) is 0. The molecule has 2 saturated carbocycles. The first-order valence-corrected chi connectivity index (χ1v) is 8.30. The Balaban J connectivity index is 1.72. The van der Waals surface area contributed by atoms with Crippen LogP contribution in [-0.4, -0.2) is 10.1 Å². The molecule has 0 spiro atoms. The van der Waals surface area contributed by atoms with E-state index in [0.29, 0.717) is 5.92 Å². The lowest BCUT2D eigenvalue weighted by Gasteiger charge is -2.24. The zero-order chi connectivity index (χ0) is 14.0. The Morgan fingerprint density at radius 3 is 2.35 bits per heavy atom. The molecule has 0 saturated heterocycles. The highest BCUT2D eigenvalue weighted by Gasteiger charge is 2.34. The van der Waals surface area contributed by atoms with Gasteiger partial charge in [0.15, 0.2) is 5.82 Å². The predicted octanol–water partition coefficient (Wildman–Crippen LogP) is 3.87. The molecule has 0 bridgehead atoms. The highest BCUT2D eigenvalue weighted by atomic mass is 16.5. The minimum absolute atomic E-state index is 0.347. The van der Waals surface area contributed by atoms with Crippen LogP contribution >= 0.6 is 0 Å². The third-order valence-corrected chi connectivity index (χ3v) is 5.25. The van der Waals surface area contributed by atoms with E-state index in [2.05, 4.69) is 12.1 Å². The van der Waals surface area contributed by atoms with Crippen LogP contribution in [0.25, 0.3) is 0 Å². The highest BCUT2D eigenvalue weighted by Crippen LogP contribution is 2.37. The predicted molar refractivity (Wildman–Crippen MR) is 78.2 cm³/mol. The fraction of sp³-hybridized carbons (Fsp3) is 0.875. The molecule has 4 heteroatoms. The number of nitrogens with zero attached hydrogens (tertiary/aromatic N) is 2. The summed E-state index contributed by atoms with van der Waals surface area (Å²) in [4.78, 5) is 4.69. The van der Waals surface area contributed by atoms with Crippen molar-refractivity contribution in [3.63, 3.8) is 0 Å². The van der Waals surface area contributed by atoms with Crippen LogP contribution in [0.2, 0.25) is 0 Å². The molecule has 0 unspecified atom stereocenters. The van der Waals surface area contributed by atoms with E-state index in [1.807, 2.05) is 0 Å². The molecule has 2 aliphatic carbocycles. The first-order chi connectivity index (χ1) is 9.67. The SMILES string of the molecule is CC1CCC(c2nc(C3(N)CCCCCC3)no2)CC1. The Morgan fingerprint density at radius 2 is 1.70 bits per heavy atom. The van der Waals surface area contributed by atoms with Gasteiger partial charge in [-0.25, -0.2) is 0 Å². The standard InChI is InChI=1S/C16H27N3O/c1-12-6-8-13(9-7-12)14-18-15(19-20-14)16(17)10-4-2-3-5-11-16/h12-13H,2-11,17H2,1H3. The minimum atomic E-state index is -0.347. The Morgan fingerprint density at radius 1 is 1.05 bits per heavy atom. The fourth-order valence-corrected chi connectivity index (χ4v) is 3.69. The van der Waals surface area contributed by atoms with Gasteiger partial charge < -0.3 is 10.3 Å². The van der Waals surface area contributed by atoms with Crippen LogP contribution in [0.5, 0.6) is 0 Å². The van der Waals surface area contributed by atoms with Crippen LogP contribution in [0.3, 0.4) is 0 Å². The number of hydrogen-bond acceptors (Lipinski definition) is 4. The van der Waals surface area contributed by atoms with Crippen molar-refractivity contribution in [1.29, 1.82) is 0 Å². The van der Waals surface area contributed by atoms with E-state index < -0.39 is 0 Å². The summed E-state index contributed by atoms with van der Waals surface area (Å²) in [6, 6.07) is 0. The maximum Gasteiger partial charge on any atom is 0.229 e. The molecule has 0 aliphatic heterocycles. The molecule has 2 aliphatic rings. The number of hydrogen-bond donors (Lipinski definition) is 1. The summed E-state index contributed by atoms with van der Waals surface area (Å²) in [6.45, 7) is 2.33. The zero-order valence-corrected chi connectivity index (χ0v) is 12.6. The van der Waals surface area contributed by atoms with Crippen molar-refractivity contribution in [2.45, 2.75) is 82.6 Å². The molecule has 20 heavy (non-hydrogen) atoms. The molecule has 0 radical (unpaired) electrons. The van der Waals surface area contributed by atoms with Gasteiger partial charge in [0.25, 0.3) is 0 Å². The molecular weight excluding hydrogens is 250 g/mol. The summed E-state index contributed by atoms with van der Waals surface area (Å²) in [5.41, 5.74) is 6.21. The molecule has 2 N–H and O–H groups in total. The van der Waals surface area contributed by atoms with Gasteiger partial charge in [-0.15, -0.1) is 0 Å². The Hall–Kier alpha value is -0.900. The summed E-state index contributed by atoms with van der Waals surface area (Å²) in [5, 5.41) is 4.24. The Bertz CT molecular complexity index is 427. The van der Waals surface area contributed by atoms with Gasteiger partial charge in [0.1, 0.15) is 0 Å². The van der Waals surface area contributed by atoms with E-state index in [-0.39, 0.29) is 5.54 Å². The first kappa shape index (κ1) is 14.1. The van der Waals surface area contributed by atoms with E-state index >= 15 is 0 Å². The zero-order valence-electron chi connectivity index (χ0n) is 12.6. The molecule has 3 rings (SSSR count). The van der Waals surface area contributed by atoms with Gasteiger partial charge in [0.2, 0.25) is 5.89 Å². The molecule has 2 fully saturated rings. The second-order valence-corrected chi connectivity index (χ2v) is 6.98. The van der Waals surface area contributed by atoms with Crippen molar-refractivity contribution >= 4 is 0 Å². The average Bonchev–Trinajstić information content (AvgIpc) is 2.84. The largest absolute Gasteiger partial charge is 0.339 e. The van der Waals surface area contributed by atoms with Crippen LogP contribution in [0, 0.1) is 5.92 Å². The summed E-state index contributed by atoms with van der Waals surface area (Å²) in [6.07, 6.45) is 11.8. The van der Waals surface area contributed by atoms with E-state index in [1.54, 1.807) is 0 Å². The van der Waals surface area contributed by atoms with Gasteiger partial charge in [-0.1, -0.05) is 37.8 Å². The lowest BCUT2D eigenvalue weighted by Crippen LogP contribution is -2.37. The van der Waals surface area contributed by atoms with Crippen LogP contribution < -0.4 is 5.73 Å². The van der Waals surface area contributed by atoms with Crippen LogP contribution in [0.15, 0.2) is 4.52 Å². The maximum atomic E-state index is 6.56. The van der Waals surface area contributed by atoms with Crippen molar-refractivity contribution in [3.8, 4) is 0 Å². The monoisotopic (exact) mass is 277 g/mol. The smallest absolute Gasteiger partial charge is 0.229 e. The molecule has 0 amide bonds. The molecule has 112 valence electrons. The molecule has 1 heterocycles. The highest BCUT2D eigenvalue weighted by molar-refractivity contribution is 5.07. The Kier molecular flexibility index (Phi) is 4.11. The second kappa shape index (κ2) is 5.84. The maximum absolute atomic E-state index is 6.56. The number of nitrogens with two attached hydrogens (primary N) is 1. The molecular formula is C16H27N3O. The molecule has 4 nitrogen and oxygen atoms in total. The van der Waals surface area contributed by atoms with Gasteiger partial charge in [0, 0.05) is 5.92 Å². The minimum Gasteiger partial charge on any atom is -0.339 e. The van der Waals surface area contributed by atoms with Crippen LogP contribution in [-0.2, 0) is 5.54 Å². The van der Waals surface area contributed by atoms with Crippen molar-refractivity contribution < 1.29 is 4.52 Å². The topological polar surface area (TPSA) is 64.9 Å². The summed E-state index contributed by atoms with van der Waals surface area (Å²) >= 11 is 0. The van der Waals surface area contributed by atoms with Gasteiger partial charge >= 0.3 is 0 Å². The summed E-state index contributed by atoms with van der Waals surface area (Å²) < 4.78 is 5.56. The third kappa shape index (κ3) is 2.90. The van der Waals surface area contributed by atoms with Gasteiger partial charge in [-0.2, -0.15) is 4.98 Å².